The van der Waals surface area contributed by atoms with Gasteiger partial charge in [-0.15, -0.1) is 0 Å². The molecule has 8 nitrogen and oxygen atoms in total. The highest BCUT2D eigenvalue weighted by atomic mass is 16.5. The fourth-order valence-electron chi connectivity index (χ4n) is 4.10. The predicted octanol–water partition coefficient (Wildman–Crippen LogP) is 1.33. The first-order valence-electron chi connectivity index (χ1n) is 9.91. The number of carbonyl (C=O) groups excluding carboxylic acids is 2. The molecule has 27 heavy (non-hydrogen) atoms. The monoisotopic (exact) mass is 377 g/mol. The van der Waals surface area contributed by atoms with Crippen LogP contribution >= 0.6 is 0 Å². The average molecular weight is 377 g/mol. The van der Waals surface area contributed by atoms with Gasteiger partial charge in [0, 0.05) is 44.3 Å². The third kappa shape index (κ3) is 5.29. The molecule has 0 radical (unpaired) electrons. The number of likely N-dealkylation sites (tertiary alicyclic amines) is 1. The molecule has 1 aromatic heterocycles. The maximum atomic E-state index is 12.7. The Kier molecular flexibility index (Phi) is 6.49. The molecule has 2 fully saturated rings. The number of rotatable bonds is 5. The minimum atomic E-state index is -0.0937. The zero-order valence-electron chi connectivity index (χ0n) is 16.6. The number of hydrogen-bond donors (Lipinski definition) is 1. The summed E-state index contributed by atoms with van der Waals surface area (Å²) in [5.41, 5.74) is 0. The topological polar surface area (TPSA) is 81.9 Å². The van der Waals surface area contributed by atoms with Crippen LogP contribution in [0.25, 0.3) is 0 Å². The van der Waals surface area contributed by atoms with Crippen LogP contribution < -0.4 is 5.32 Å². The summed E-state index contributed by atoms with van der Waals surface area (Å²) in [6.07, 6.45) is 3.41. The molecule has 2 unspecified atom stereocenters. The van der Waals surface area contributed by atoms with Gasteiger partial charge in [-0.1, -0.05) is 5.16 Å². The lowest BCUT2D eigenvalue weighted by Gasteiger charge is -2.41. The molecule has 0 spiro atoms. The van der Waals surface area contributed by atoms with E-state index in [-0.39, 0.29) is 11.8 Å². The van der Waals surface area contributed by atoms with Gasteiger partial charge in [0.2, 0.25) is 11.8 Å². The molecule has 3 heterocycles. The van der Waals surface area contributed by atoms with E-state index in [0.29, 0.717) is 36.8 Å². The number of hydrogen-bond acceptors (Lipinski definition) is 6. The Morgan fingerprint density at radius 2 is 1.70 bits per heavy atom. The molecule has 2 atom stereocenters. The first kappa shape index (κ1) is 19.8. The van der Waals surface area contributed by atoms with Crippen molar-refractivity contribution >= 4 is 17.6 Å². The quantitative estimate of drug-likeness (QED) is 0.834. The number of carbonyl (C=O) groups is 2. The van der Waals surface area contributed by atoms with E-state index in [0.717, 1.165) is 39.0 Å². The van der Waals surface area contributed by atoms with E-state index in [2.05, 4.69) is 39.0 Å². The number of nitrogens with zero attached hydrogens (tertiary/aromatic N) is 4. The predicted molar refractivity (Wildman–Crippen MR) is 102 cm³/mol. The second-order valence-corrected chi connectivity index (χ2v) is 7.85. The van der Waals surface area contributed by atoms with Crippen LogP contribution in [0.5, 0.6) is 0 Å². The highest BCUT2D eigenvalue weighted by molar-refractivity contribution is 5.91. The van der Waals surface area contributed by atoms with Gasteiger partial charge in [-0.25, -0.2) is 0 Å². The molecular weight excluding hydrogens is 346 g/mol. The maximum absolute atomic E-state index is 12.7. The van der Waals surface area contributed by atoms with Crippen LogP contribution in [0.15, 0.2) is 10.6 Å². The lowest BCUT2D eigenvalue weighted by molar-refractivity contribution is -0.139. The van der Waals surface area contributed by atoms with Crippen LogP contribution in [-0.4, -0.2) is 83.0 Å². The van der Waals surface area contributed by atoms with E-state index in [4.69, 9.17) is 4.52 Å². The van der Waals surface area contributed by atoms with Gasteiger partial charge in [0.05, 0.1) is 13.1 Å². The first-order valence-corrected chi connectivity index (χ1v) is 9.91. The van der Waals surface area contributed by atoms with Crippen molar-refractivity contribution < 1.29 is 14.1 Å². The van der Waals surface area contributed by atoms with E-state index < -0.39 is 0 Å². The summed E-state index contributed by atoms with van der Waals surface area (Å²) in [4.78, 5) is 31.2. The van der Waals surface area contributed by atoms with Gasteiger partial charge in [0.15, 0.2) is 5.82 Å². The normalized spacial score (nSPS) is 24.8. The van der Waals surface area contributed by atoms with Gasteiger partial charge >= 0.3 is 0 Å². The first-order chi connectivity index (χ1) is 12.9. The lowest BCUT2D eigenvalue weighted by Crippen LogP contribution is -2.54. The summed E-state index contributed by atoms with van der Waals surface area (Å²) in [5.74, 6) is 1.26. The van der Waals surface area contributed by atoms with Crippen molar-refractivity contribution in [1.29, 1.82) is 0 Å². The third-order valence-corrected chi connectivity index (χ3v) is 5.57. The molecule has 2 amide bonds. The van der Waals surface area contributed by atoms with Crippen LogP contribution in [-0.2, 0) is 9.59 Å². The molecule has 3 rings (SSSR count). The van der Waals surface area contributed by atoms with Gasteiger partial charge in [0.25, 0.3) is 0 Å². The van der Waals surface area contributed by atoms with Crippen LogP contribution in [0.4, 0.5) is 5.82 Å². The van der Waals surface area contributed by atoms with E-state index in [9.17, 15) is 9.59 Å². The molecule has 150 valence electrons. The number of piperidine rings is 1. The van der Waals surface area contributed by atoms with Crippen molar-refractivity contribution in [1.82, 2.24) is 19.9 Å². The SMILES string of the molecule is Cc1cc(NC(=O)CN2CCN(CC(=O)N3C(C)CCCC3C)CC2)no1. The van der Waals surface area contributed by atoms with E-state index in [1.807, 2.05) is 0 Å². The molecular formula is C19H31N5O3. The summed E-state index contributed by atoms with van der Waals surface area (Å²) in [5, 5.41) is 6.52. The number of aryl methyl sites for hydroxylation is 1. The van der Waals surface area contributed by atoms with Gasteiger partial charge in [-0.2, -0.15) is 0 Å². The van der Waals surface area contributed by atoms with Gasteiger partial charge < -0.3 is 14.7 Å². The molecule has 8 heteroatoms. The molecule has 0 saturated carbocycles. The third-order valence-electron chi connectivity index (χ3n) is 5.57. The van der Waals surface area contributed by atoms with E-state index in [1.54, 1.807) is 13.0 Å². The fourth-order valence-corrected chi connectivity index (χ4v) is 4.10. The minimum Gasteiger partial charge on any atom is -0.360 e. The van der Waals surface area contributed by atoms with Crippen molar-refractivity contribution in [3.8, 4) is 0 Å². The van der Waals surface area contributed by atoms with Gasteiger partial charge in [-0.3, -0.25) is 19.4 Å². The Bertz CT molecular complexity index is 644. The van der Waals surface area contributed by atoms with Crippen molar-refractivity contribution in [2.45, 2.75) is 52.1 Å². The summed E-state index contributed by atoms with van der Waals surface area (Å²) in [6.45, 7) is 10.1. The maximum Gasteiger partial charge on any atom is 0.239 e. The fraction of sp³-hybridized carbons (Fsp3) is 0.737. The molecule has 2 aliphatic heterocycles. The molecule has 0 bridgehead atoms. The Labute approximate surface area is 160 Å². The Balaban J connectivity index is 1.40. The highest BCUT2D eigenvalue weighted by Gasteiger charge is 2.30. The second kappa shape index (κ2) is 8.84. The molecule has 0 aliphatic carbocycles. The zero-order chi connectivity index (χ0) is 19.4. The van der Waals surface area contributed by atoms with Crippen LogP contribution in [0, 0.1) is 6.92 Å². The summed E-state index contributed by atoms with van der Waals surface area (Å²) < 4.78 is 4.95. The lowest BCUT2D eigenvalue weighted by atomic mass is 9.97. The zero-order valence-corrected chi connectivity index (χ0v) is 16.6. The van der Waals surface area contributed by atoms with Crippen molar-refractivity contribution in [3.05, 3.63) is 11.8 Å². The standard InChI is InChI=1S/C19H31N5O3/c1-14-5-4-6-15(2)24(14)19(26)13-23-9-7-22(8-10-23)12-18(25)20-17-11-16(3)27-21-17/h11,14-15H,4-10,12-13H2,1-3H3,(H,20,21,25). The van der Waals surface area contributed by atoms with Crippen molar-refractivity contribution in [2.75, 3.05) is 44.6 Å². The smallest absolute Gasteiger partial charge is 0.239 e. The number of nitrogens with one attached hydrogen (secondary N) is 1. The average Bonchev–Trinajstić information content (AvgIpc) is 3.01. The summed E-state index contributed by atoms with van der Waals surface area (Å²) in [7, 11) is 0. The second-order valence-electron chi connectivity index (χ2n) is 7.85. The van der Waals surface area contributed by atoms with Crippen LogP contribution in [0.3, 0.4) is 0 Å². The number of amides is 2. The van der Waals surface area contributed by atoms with E-state index >= 15 is 0 Å². The molecule has 0 aromatic carbocycles. The minimum absolute atomic E-state index is 0.0937. The Morgan fingerprint density at radius 3 is 2.26 bits per heavy atom. The molecule has 1 N–H and O–H groups in total. The molecule has 1 aromatic rings. The molecule has 2 saturated heterocycles. The summed E-state index contributed by atoms with van der Waals surface area (Å²) in [6, 6.07) is 2.38. The Morgan fingerprint density at radius 1 is 1.11 bits per heavy atom. The van der Waals surface area contributed by atoms with Crippen molar-refractivity contribution in [3.63, 3.8) is 0 Å². The van der Waals surface area contributed by atoms with Gasteiger partial charge in [0.1, 0.15) is 5.76 Å². The molecule has 2 aliphatic rings. The van der Waals surface area contributed by atoms with E-state index in [1.165, 1.54) is 6.42 Å². The number of aromatic nitrogens is 1. The van der Waals surface area contributed by atoms with Crippen LogP contribution in [0.1, 0.15) is 38.9 Å². The summed E-state index contributed by atoms with van der Waals surface area (Å²) >= 11 is 0. The number of piperazine rings is 1. The highest BCUT2D eigenvalue weighted by Crippen LogP contribution is 2.22. The van der Waals surface area contributed by atoms with Crippen LogP contribution in [0.2, 0.25) is 0 Å². The largest absolute Gasteiger partial charge is 0.360 e. The van der Waals surface area contributed by atoms with Gasteiger partial charge in [-0.05, 0) is 40.0 Å². The Hall–Kier alpha value is -1.93. The number of anilines is 1. The van der Waals surface area contributed by atoms with Crippen molar-refractivity contribution in [2.24, 2.45) is 0 Å².